The van der Waals surface area contributed by atoms with Gasteiger partial charge in [-0.25, -0.2) is 0 Å². The maximum Gasteiger partial charge on any atom is 0.273 e. The molecule has 0 saturated carbocycles. The molecule has 0 radical (unpaired) electrons. The van der Waals surface area contributed by atoms with Gasteiger partial charge in [-0.2, -0.15) is 0 Å². The van der Waals surface area contributed by atoms with Crippen molar-refractivity contribution in [3.05, 3.63) is 33.9 Å². The Morgan fingerprint density at radius 1 is 1.40 bits per heavy atom. The van der Waals surface area contributed by atoms with Crippen molar-refractivity contribution in [3.63, 3.8) is 0 Å². The average molecular weight is 279 g/mol. The van der Waals surface area contributed by atoms with E-state index in [9.17, 15) is 10.1 Å². The van der Waals surface area contributed by atoms with E-state index in [1.54, 1.807) is 6.07 Å². The molecule has 20 heavy (non-hydrogen) atoms. The van der Waals surface area contributed by atoms with Crippen LogP contribution in [0, 0.1) is 10.1 Å². The van der Waals surface area contributed by atoms with Crippen LogP contribution in [-0.2, 0) is 6.54 Å². The van der Waals surface area contributed by atoms with Crippen molar-refractivity contribution in [2.75, 3.05) is 33.3 Å². The Bertz CT molecular complexity index is 459. The molecule has 6 nitrogen and oxygen atoms in total. The fourth-order valence-corrected chi connectivity index (χ4v) is 2.46. The second-order valence-corrected chi connectivity index (χ2v) is 4.98. The third-order valence-corrected chi connectivity index (χ3v) is 3.60. The Hall–Kier alpha value is -1.66. The van der Waals surface area contributed by atoms with Crippen molar-refractivity contribution in [2.45, 2.75) is 19.4 Å². The molecule has 0 atom stereocenters. The zero-order chi connectivity index (χ0) is 14.4. The predicted molar refractivity (Wildman–Crippen MR) is 77.0 cm³/mol. The van der Waals surface area contributed by atoms with Gasteiger partial charge in [0.15, 0.2) is 0 Å². The van der Waals surface area contributed by atoms with Crippen LogP contribution in [-0.4, -0.2) is 43.1 Å². The third kappa shape index (κ3) is 3.91. The molecule has 110 valence electrons. The summed E-state index contributed by atoms with van der Waals surface area (Å²) >= 11 is 0. The highest BCUT2D eigenvalue weighted by molar-refractivity contribution is 5.44. The fraction of sp³-hybridized carbons (Fsp3) is 0.571. The van der Waals surface area contributed by atoms with Crippen molar-refractivity contribution in [1.29, 1.82) is 0 Å². The van der Waals surface area contributed by atoms with Gasteiger partial charge in [0.1, 0.15) is 5.75 Å². The highest BCUT2D eigenvalue weighted by Crippen LogP contribution is 2.24. The van der Waals surface area contributed by atoms with Crippen molar-refractivity contribution >= 4 is 5.69 Å². The molecule has 0 aliphatic carbocycles. The van der Waals surface area contributed by atoms with Gasteiger partial charge in [0.2, 0.25) is 0 Å². The van der Waals surface area contributed by atoms with Gasteiger partial charge in [-0.15, -0.1) is 0 Å². The van der Waals surface area contributed by atoms with Gasteiger partial charge in [0.25, 0.3) is 5.69 Å². The minimum absolute atomic E-state index is 0.0580. The number of non-ortho nitro benzene ring substituents is 1. The summed E-state index contributed by atoms with van der Waals surface area (Å²) in [7, 11) is 1.53. The lowest BCUT2D eigenvalue weighted by Gasteiger charge is -2.15. The number of ether oxygens (including phenoxy) is 1. The predicted octanol–water partition coefficient (Wildman–Crippen LogP) is 1.79. The van der Waals surface area contributed by atoms with Gasteiger partial charge in [-0.3, -0.25) is 10.1 Å². The molecule has 1 aromatic carbocycles. The number of likely N-dealkylation sites (tertiary alicyclic amines) is 1. The number of benzene rings is 1. The van der Waals surface area contributed by atoms with E-state index in [1.165, 1.54) is 45.2 Å². The monoisotopic (exact) mass is 279 g/mol. The van der Waals surface area contributed by atoms with Crippen LogP contribution in [0.3, 0.4) is 0 Å². The first-order valence-corrected chi connectivity index (χ1v) is 6.95. The second-order valence-electron chi connectivity index (χ2n) is 4.98. The van der Waals surface area contributed by atoms with E-state index >= 15 is 0 Å². The number of rotatable bonds is 7. The van der Waals surface area contributed by atoms with Crippen molar-refractivity contribution < 1.29 is 9.66 Å². The molecule has 0 bridgehead atoms. The summed E-state index contributed by atoms with van der Waals surface area (Å²) in [6.07, 6.45) is 2.60. The maximum absolute atomic E-state index is 10.7. The Labute approximate surface area is 118 Å². The van der Waals surface area contributed by atoms with Crippen LogP contribution in [0.4, 0.5) is 5.69 Å². The lowest BCUT2D eigenvalue weighted by Crippen LogP contribution is -2.29. The molecule has 1 aliphatic heterocycles. The summed E-state index contributed by atoms with van der Waals surface area (Å²) in [6.45, 7) is 5.02. The number of nitrogens with one attached hydrogen (secondary N) is 1. The molecule has 0 spiro atoms. The summed E-state index contributed by atoms with van der Waals surface area (Å²) in [4.78, 5) is 12.8. The van der Waals surface area contributed by atoms with Gasteiger partial charge < -0.3 is 15.0 Å². The number of nitro groups is 1. The summed E-state index contributed by atoms with van der Waals surface area (Å²) in [5.74, 6) is 0.563. The normalized spacial score (nSPS) is 15.4. The zero-order valence-electron chi connectivity index (χ0n) is 11.8. The van der Waals surface area contributed by atoms with Crippen LogP contribution in [0.25, 0.3) is 0 Å². The van der Waals surface area contributed by atoms with Gasteiger partial charge >= 0.3 is 0 Å². The summed E-state index contributed by atoms with van der Waals surface area (Å²) in [5.41, 5.74) is 1.00. The van der Waals surface area contributed by atoms with E-state index in [4.69, 9.17) is 4.74 Å². The summed E-state index contributed by atoms with van der Waals surface area (Å²) in [5, 5.41) is 14.1. The Morgan fingerprint density at radius 3 is 2.80 bits per heavy atom. The molecule has 1 fully saturated rings. The molecule has 1 heterocycles. The SMILES string of the molecule is COc1cc([N+](=O)[O-])ccc1CNCCN1CCCC1. The molecule has 1 aliphatic rings. The van der Waals surface area contributed by atoms with Crippen molar-refractivity contribution in [1.82, 2.24) is 10.2 Å². The highest BCUT2D eigenvalue weighted by atomic mass is 16.6. The van der Waals surface area contributed by atoms with Gasteiger partial charge in [0, 0.05) is 31.3 Å². The molecule has 2 rings (SSSR count). The second kappa shape index (κ2) is 7.21. The first-order chi connectivity index (χ1) is 9.70. The maximum atomic E-state index is 10.7. The van der Waals surface area contributed by atoms with Crippen LogP contribution in [0.15, 0.2) is 18.2 Å². The third-order valence-electron chi connectivity index (χ3n) is 3.60. The largest absolute Gasteiger partial charge is 0.496 e. The number of methoxy groups -OCH3 is 1. The Balaban J connectivity index is 1.83. The minimum Gasteiger partial charge on any atom is -0.496 e. The summed E-state index contributed by atoms with van der Waals surface area (Å²) < 4.78 is 5.21. The van der Waals surface area contributed by atoms with E-state index in [2.05, 4.69) is 10.2 Å². The van der Waals surface area contributed by atoms with Crippen LogP contribution in [0.2, 0.25) is 0 Å². The van der Waals surface area contributed by atoms with Crippen LogP contribution < -0.4 is 10.1 Å². The molecule has 1 aromatic rings. The number of nitro benzene ring substituents is 1. The summed E-state index contributed by atoms with van der Waals surface area (Å²) in [6, 6.07) is 4.73. The van der Waals surface area contributed by atoms with E-state index in [1.807, 2.05) is 0 Å². The number of hydrogen-bond donors (Lipinski definition) is 1. The average Bonchev–Trinajstić information content (AvgIpc) is 2.96. The van der Waals surface area contributed by atoms with E-state index < -0.39 is 4.92 Å². The fourth-order valence-electron chi connectivity index (χ4n) is 2.46. The van der Waals surface area contributed by atoms with Crippen LogP contribution in [0.1, 0.15) is 18.4 Å². The number of nitrogens with zero attached hydrogens (tertiary/aromatic N) is 2. The lowest BCUT2D eigenvalue weighted by atomic mass is 10.2. The van der Waals surface area contributed by atoms with Gasteiger partial charge in [-0.1, -0.05) is 0 Å². The minimum atomic E-state index is -0.410. The molecule has 0 amide bonds. The Kier molecular flexibility index (Phi) is 5.31. The van der Waals surface area contributed by atoms with Crippen LogP contribution in [0.5, 0.6) is 5.75 Å². The van der Waals surface area contributed by atoms with Crippen LogP contribution >= 0.6 is 0 Å². The smallest absolute Gasteiger partial charge is 0.273 e. The van der Waals surface area contributed by atoms with E-state index in [0.717, 1.165) is 18.7 Å². The van der Waals surface area contributed by atoms with E-state index in [-0.39, 0.29) is 5.69 Å². The standard InChI is InChI=1S/C14H21N3O3/c1-20-14-10-13(17(18)19)5-4-12(14)11-15-6-9-16-7-2-3-8-16/h4-5,10,15H,2-3,6-9,11H2,1H3. The van der Waals surface area contributed by atoms with Gasteiger partial charge in [0.05, 0.1) is 18.1 Å². The molecule has 1 N–H and O–H groups in total. The zero-order valence-corrected chi connectivity index (χ0v) is 11.8. The molecule has 0 unspecified atom stereocenters. The Morgan fingerprint density at radius 2 is 2.15 bits per heavy atom. The number of hydrogen-bond acceptors (Lipinski definition) is 5. The first-order valence-electron chi connectivity index (χ1n) is 6.95. The molecule has 1 saturated heterocycles. The van der Waals surface area contributed by atoms with Crippen molar-refractivity contribution in [2.24, 2.45) is 0 Å². The lowest BCUT2D eigenvalue weighted by molar-refractivity contribution is -0.384. The first kappa shape index (κ1) is 14.7. The quantitative estimate of drug-likeness (QED) is 0.468. The molecule has 6 heteroatoms. The van der Waals surface area contributed by atoms with Gasteiger partial charge in [-0.05, 0) is 32.0 Å². The topological polar surface area (TPSA) is 67.6 Å². The molecular weight excluding hydrogens is 258 g/mol. The van der Waals surface area contributed by atoms with Crippen molar-refractivity contribution in [3.8, 4) is 5.75 Å². The molecular formula is C14H21N3O3. The highest BCUT2D eigenvalue weighted by Gasteiger charge is 2.12. The van der Waals surface area contributed by atoms with E-state index in [0.29, 0.717) is 12.3 Å². The molecule has 0 aromatic heterocycles.